The second-order valence-electron chi connectivity index (χ2n) is 7.69. The van der Waals surface area contributed by atoms with E-state index >= 15 is 0 Å². The zero-order chi connectivity index (χ0) is 21.0. The van der Waals surface area contributed by atoms with Gasteiger partial charge < -0.3 is 10.2 Å². The number of sulfonamides is 1. The topological polar surface area (TPSA) is 69.7 Å². The molecule has 7 heteroatoms. The Morgan fingerprint density at radius 3 is 2.38 bits per heavy atom. The van der Waals surface area contributed by atoms with Crippen LogP contribution in [0.2, 0.25) is 0 Å². The molecule has 1 saturated heterocycles. The Hall–Kier alpha value is -2.38. The fourth-order valence-electron chi connectivity index (χ4n) is 3.58. The van der Waals surface area contributed by atoms with Crippen molar-refractivity contribution in [3.05, 3.63) is 59.7 Å². The molecule has 0 atom stereocenters. The molecular weight excluding hydrogens is 386 g/mol. The Morgan fingerprint density at radius 1 is 1.07 bits per heavy atom. The molecule has 6 nitrogen and oxygen atoms in total. The van der Waals surface area contributed by atoms with Gasteiger partial charge in [0, 0.05) is 6.04 Å². The van der Waals surface area contributed by atoms with Gasteiger partial charge in [0.2, 0.25) is 5.91 Å². The van der Waals surface area contributed by atoms with E-state index in [0.717, 1.165) is 37.1 Å². The molecule has 2 aromatic carbocycles. The molecule has 2 aromatic rings. The van der Waals surface area contributed by atoms with E-state index in [0.29, 0.717) is 5.69 Å². The summed E-state index contributed by atoms with van der Waals surface area (Å²) in [6, 6.07) is 13.9. The standard InChI is InChI=1S/C22H29N3O3S/c1-17-8-7-11-21(18(17)2)25(29(27,28)20-9-5-4-6-10-20)16-22(26)23-19-12-14-24(3)15-13-19/h4-11,19H,12-16H2,1-3H3,(H,23,26). The molecule has 1 aliphatic heterocycles. The molecular formula is C22H29N3O3S. The van der Waals surface area contributed by atoms with Crippen LogP contribution < -0.4 is 9.62 Å². The average Bonchev–Trinajstić information content (AvgIpc) is 2.71. The van der Waals surface area contributed by atoms with Crippen LogP contribution in [-0.4, -0.2) is 51.9 Å². The van der Waals surface area contributed by atoms with Gasteiger partial charge in [0.05, 0.1) is 10.6 Å². The van der Waals surface area contributed by atoms with Crippen molar-refractivity contribution < 1.29 is 13.2 Å². The van der Waals surface area contributed by atoms with Gasteiger partial charge in [0.1, 0.15) is 6.54 Å². The second kappa shape index (κ2) is 8.97. The van der Waals surface area contributed by atoms with Gasteiger partial charge in [-0.15, -0.1) is 0 Å². The first-order chi connectivity index (χ1) is 13.8. The van der Waals surface area contributed by atoms with E-state index in [4.69, 9.17) is 0 Å². The number of nitrogens with zero attached hydrogens (tertiary/aromatic N) is 2. The molecule has 1 aliphatic rings. The zero-order valence-electron chi connectivity index (χ0n) is 17.3. The van der Waals surface area contributed by atoms with Crippen molar-refractivity contribution in [1.29, 1.82) is 0 Å². The minimum Gasteiger partial charge on any atom is -0.352 e. The van der Waals surface area contributed by atoms with E-state index in [2.05, 4.69) is 17.3 Å². The summed E-state index contributed by atoms with van der Waals surface area (Å²) in [7, 11) is -1.81. The van der Waals surface area contributed by atoms with Crippen molar-refractivity contribution >= 4 is 21.6 Å². The number of rotatable bonds is 6. The van der Waals surface area contributed by atoms with Crippen LogP contribution in [0, 0.1) is 13.8 Å². The van der Waals surface area contributed by atoms with Gasteiger partial charge in [0.25, 0.3) is 10.0 Å². The van der Waals surface area contributed by atoms with Crippen LogP contribution in [0.15, 0.2) is 53.4 Å². The molecule has 0 bridgehead atoms. The summed E-state index contributed by atoms with van der Waals surface area (Å²) in [6.45, 7) is 5.42. The molecule has 1 N–H and O–H groups in total. The van der Waals surface area contributed by atoms with Crippen LogP contribution in [0.5, 0.6) is 0 Å². The number of hydrogen-bond acceptors (Lipinski definition) is 4. The smallest absolute Gasteiger partial charge is 0.264 e. The first-order valence-corrected chi connectivity index (χ1v) is 11.3. The van der Waals surface area contributed by atoms with Crippen LogP contribution in [0.4, 0.5) is 5.69 Å². The zero-order valence-corrected chi connectivity index (χ0v) is 18.1. The number of benzene rings is 2. The van der Waals surface area contributed by atoms with Crippen molar-refractivity contribution in [2.45, 2.75) is 37.6 Å². The van der Waals surface area contributed by atoms with Gasteiger partial charge in [-0.1, -0.05) is 30.3 Å². The van der Waals surface area contributed by atoms with Gasteiger partial charge >= 0.3 is 0 Å². The Kier molecular flexibility index (Phi) is 6.59. The summed E-state index contributed by atoms with van der Waals surface area (Å²) in [6.07, 6.45) is 1.74. The summed E-state index contributed by atoms with van der Waals surface area (Å²) in [4.78, 5) is 15.2. The molecule has 0 spiro atoms. The van der Waals surface area contributed by atoms with Crippen molar-refractivity contribution in [3.8, 4) is 0 Å². The minimum absolute atomic E-state index is 0.0820. The van der Waals surface area contributed by atoms with Crippen LogP contribution >= 0.6 is 0 Å². The highest BCUT2D eigenvalue weighted by atomic mass is 32.2. The van der Waals surface area contributed by atoms with Gasteiger partial charge in [-0.3, -0.25) is 9.10 Å². The highest BCUT2D eigenvalue weighted by molar-refractivity contribution is 7.92. The summed E-state index contributed by atoms with van der Waals surface area (Å²) in [5.74, 6) is -0.278. The molecule has 0 radical (unpaired) electrons. The summed E-state index contributed by atoms with van der Waals surface area (Å²) in [5, 5.41) is 3.03. The fraction of sp³-hybridized carbons (Fsp3) is 0.409. The van der Waals surface area contributed by atoms with Crippen molar-refractivity contribution in [2.24, 2.45) is 0 Å². The summed E-state index contributed by atoms with van der Waals surface area (Å²) < 4.78 is 28.0. The van der Waals surface area contributed by atoms with Gasteiger partial charge in [-0.2, -0.15) is 0 Å². The van der Waals surface area contributed by atoms with Crippen LogP contribution in [0.3, 0.4) is 0 Å². The second-order valence-corrected chi connectivity index (χ2v) is 9.55. The number of carbonyl (C=O) groups excluding carboxylic acids is 1. The number of piperidine rings is 1. The van der Waals surface area contributed by atoms with Crippen molar-refractivity contribution in [1.82, 2.24) is 10.2 Å². The maximum absolute atomic E-state index is 13.4. The van der Waals surface area contributed by atoms with E-state index in [1.807, 2.05) is 26.0 Å². The maximum Gasteiger partial charge on any atom is 0.264 e. The van der Waals surface area contributed by atoms with E-state index in [1.54, 1.807) is 36.4 Å². The molecule has 0 saturated carbocycles. The third-order valence-electron chi connectivity index (χ3n) is 5.55. The SMILES string of the molecule is Cc1cccc(N(CC(=O)NC2CCN(C)CC2)S(=O)(=O)c2ccccc2)c1C. The number of amides is 1. The van der Waals surface area contributed by atoms with Crippen LogP contribution in [0.1, 0.15) is 24.0 Å². The Morgan fingerprint density at radius 2 is 1.72 bits per heavy atom. The molecule has 0 aromatic heterocycles. The van der Waals surface area contributed by atoms with Crippen LogP contribution in [-0.2, 0) is 14.8 Å². The summed E-state index contributed by atoms with van der Waals surface area (Å²) >= 11 is 0. The molecule has 0 unspecified atom stereocenters. The van der Waals surface area contributed by atoms with E-state index in [-0.39, 0.29) is 23.4 Å². The van der Waals surface area contributed by atoms with Crippen molar-refractivity contribution in [3.63, 3.8) is 0 Å². The average molecular weight is 416 g/mol. The number of nitrogens with one attached hydrogen (secondary N) is 1. The molecule has 0 aliphatic carbocycles. The third-order valence-corrected chi connectivity index (χ3v) is 7.32. The molecule has 3 rings (SSSR count). The lowest BCUT2D eigenvalue weighted by Gasteiger charge is -2.31. The van der Waals surface area contributed by atoms with E-state index < -0.39 is 10.0 Å². The number of aryl methyl sites for hydroxylation is 1. The number of hydrogen-bond donors (Lipinski definition) is 1. The number of likely N-dealkylation sites (tertiary alicyclic amines) is 1. The van der Waals surface area contributed by atoms with E-state index in [1.165, 1.54) is 4.31 Å². The molecule has 29 heavy (non-hydrogen) atoms. The molecule has 1 amide bonds. The third kappa shape index (κ3) is 4.97. The first kappa shape index (κ1) is 21.3. The lowest BCUT2D eigenvalue weighted by atomic mass is 10.1. The normalized spacial score (nSPS) is 15.8. The minimum atomic E-state index is -3.87. The largest absolute Gasteiger partial charge is 0.352 e. The predicted molar refractivity (Wildman–Crippen MR) is 116 cm³/mol. The van der Waals surface area contributed by atoms with Crippen LogP contribution in [0.25, 0.3) is 0 Å². The van der Waals surface area contributed by atoms with Gasteiger partial charge in [-0.05, 0) is 76.2 Å². The Bertz CT molecular complexity index is 953. The van der Waals surface area contributed by atoms with E-state index in [9.17, 15) is 13.2 Å². The quantitative estimate of drug-likeness (QED) is 0.788. The maximum atomic E-state index is 13.4. The van der Waals surface area contributed by atoms with Gasteiger partial charge in [-0.25, -0.2) is 8.42 Å². The number of anilines is 1. The van der Waals surface area contributed by atoms with Gasteiger partial charge in [0.15, 0.2) is 0 Å². The Labute approximate surface area is 173 Å². The Balaban J connectivity index is 1.89. The lowest BCUT2D eigenvalue weighted by molar-refractivity contribution is -0.120. The monoisotopic (exact) mass is 415 g/mol. The van der Waals surface area contributed by atoms with Crippen molar-refractivity contribution in [2.75, 3.05) is 31.0 Å². The number of carbonyl (C=O) groups is 1. The molecule has 1 heterocycles. The fourth-order valence-corrected chi connectivity index (χ4v) is 5.08. The first-order valence-electron chi connectivity index (χ1n) is 9.91. The highest BCUT2D eigenvalue weighted by Gasteiger charge is 2.29. The highest BCUT2D eigenvalue weighted by Crippen LogP contribution is 2.28. The summed E-state index contributed by atoms with van der Waals surface area (Å²) in [5.41, 5.74) is 2.36. The molecule has 156 valence electrons. The predicted octanol–water partition coefficient (Wildman–Crippen LogP) is 2.71. The molecule has 1 fully saturated rings. The lowest BCUT2D eigenvalue weighted by Crippen LogP contribution is -2.48.